The minimum Gasteiger partial charge on any atom is -0.494 e. The number of likely N-dealkylation sites (N-methyl/N-ethyl adjacent to an activating group) is 1. The van der Waals surface area contributed by atoms with E-state index in [4.69, 9.17) is 4.74 Å². The summed E-state index contributed by atoms with van der Waals surface area (Å²) in [5.41, 5.74) is 5.01. The van der Waals surface area contributed by atoms with Gasteiger partial charge < -0.3 is 20.3 Å². The van der Waals surface area contributed by atoms with Crippen molar-refractivity contribution in [3.63, 3.8) is 0 Å². The first kappa shape index (κ1) is 26.2. The molecule has 1 aliphatic heterocycles. The van der Waals surface area contributed by atoms with Crippen LogP contribution in [0, 0.1) is 0 Å². The van der Waals surface area contributed by atoms with Gasteiger partial charge in [0.2, 0.25) is 5.91 Å². The Kier molecular flexibility index (Phi) is 7.47. The number of hydrogen-bond donors (Lipinski definition) is 2. The van der Waals surface area contributed by atoms with Gasteiger partial charge in [-0.25, -0.2) is 9.97 Å². The van der Waals surface area contributed by atoms with Gasteiger partial charge in [-0.15, -0.1) is 0 Å². The fourth-order valence-electron chi connectivity index (χ4n) is 5.09. The topological polar surface area (TPSA) is 100 Å². The van der Waals surface area contributed by atoms with Gasteiger partial charge in [0.1, 0.15) is 17.9 Å². The number of rotatable bonds is 8. The van der Waals surface area contributed by atoms with Crippen LogP contribution in [-0.2, 0) is 11.8 Å². The molecule has 10 heteroatoms. The summed E-state index contributed by atoms with van der Waals surface area (Å²) < 4.78 is 7.63. The number of nitrogens with zero attached hydrogens (tertiary/aromatic N) is 6. The molecule has 0 radical (unpaired) electrons. The molecule has 1 atom stereocenters. The van der Waals surface area contributed by atoms with E-state index in [0.717, 1.165) is 54.0 Å². The minimum atomic E-state index is -0.275. The first-order valence-electron chi connectivity index (χ1n) is 13.1. The maximum atomic E-state index is 12.4. The molecule has 0 unspecified atom stereocenters. The normalized spacial score (nSPS) is 15.8. The molecular formula is C29H34N8O2. The first-order valence-corrected chi connectivity index (χ1v) is 13.1. The summed E-state index contributed by atoms with van der Waals surface area (Å²) in [6.07, 6.45) is 4.64. The maximum Gasteiger partial charge on any atom is 0.247 e. The number of amides is 1. The Labute approximate surface area is 228 Å². The summed E-state index contributed by atoms with van der Waals surface area (Å²) in [5, 5.41) is 11.7. The van der Waals surface area contributed by atoms with Gasteiger partial charge in [-0.1, -0.05) is 25.6 Å². The van der Waals surface area contributed by atoms with Gasteiger partial charge in [-0.3, -0.25) is 14.4 Å². The van der Waals surface area contributed by atoms with Crippen LogP contribution in [0.2, 0.25) is 0 Å². The molecule has 2 aromatic carbocycles. The number of anilines is 4. The second kappa shape index (κ2) is 11.1. The molecule has 2 aromatic heterocycles. The van der Waals surface area contributed by atoms with Gasteiger partial charge in [-0.2, -0.15) is 5.10 Å². The highest BCUT2D eigenvalue weighted by atomic mass is 16.5. The lowest BCUT2D eigenvalue weighted by Crippen LogP contribution is -2.51. The van der Waals surface area contributed by atoms with Crippen LogP contribution in [0.4, 0.5) is 22.9 Å². The Balaban J connectivity index is 1.48. The zero-order chi connectivity index (χ0) is 27.5. The SMILES string of the molecule is C=CC(=O)Nc1cc(Nc2cc(-c3ccc4cnn(C)c4c3)ncn2)c(OC)cc1N1CCN(CC)[C@@H](C)C1. The summed E-state index contributed by atoms with van der Waals surface area (Å²) in [6.45, 7) is 11.7. The number of carbonyl (C=O) groups is 1. The monoisotopic (exact) mass is 526 g/mol. The molecule has 10 nitrogen and oxygen atoms in total. The van der Waals surface area contributed by atoms with E-state index >= 15 is 0 Å². The molecular weight excluding hydrogens is 492 g/mol. The van der Waals surface area contributed by atoms with Crippen molar-refractivity contribution < 1.29 is 9.53 Å². The fourth-order valence-corrected chi connectivity index (χ4v) is 5.09. The standard InChI is InChI=1S/C29H34N8O2/c1-6-29(38)34-23-13-24(27(39-5)15-26(23)37-11-10-36(7-2)19(3)17-37)33-28-14-22(30-18-31-28)20-8-9-21-16-32-35(4)25(21)12-20/h6,8-9,12-16,18-19H,1,7,10-11,17H2,2-5H3,(H,34,38)(H,30,31,33)/t19-/m0/s1. The molecule has 1 aliphatic rings. The number of piperazine rings is 1. The van der Waals surface area contributed by atoms with E-state index in [2.05, 4.69) is 62.0 Å². The highest BCUT2D eigenvalue weighted by molar-refractivity contribution is 6.02. The number of aromatic nitrogens is 4. The van der Waals surface area contributed by atoms with Crippen LogP contribution < -0.4 is 20.3 Å². The van der Waals surface area contributed by atoms with Crippen LogP contribution in [0.1, 0.15) is 13.8 Å². The highest BCUT2D eigenvalue weighted by Gasteiger charge is 2.26. The van der Waals surface area contributed by atoms with Gasteiger partial charge >= 0.3 is 0 Å². The van der Waals surface area contributed by atoms with E-state index in [0.29, 0.717) is 29.0 Å². The smallest absolute Gasteiger partial charge is 0.247 e. The lowest BCUT2D eigenvalue weighted by Gasteiger charge is -2.41. The Morgan fingerprint density at radius 2 is 2.03 bits per heavy atom. The number of ether oxygens (including phenoxy) is 1. The van der Waals surface area contributed by atoms with Crippen LogP contribution >= 0.6 is 0 Å². The van der Waals surface area contributed by atoms with Crippen LogP contribution in [0.5, 0.6) is 5.75 Å². The number of carbonyl (C=O) groups excluding carboxylic acids is 1. The van der Waals surface area contributed by atoms with Crippen molar-refractivity contribution in [3.05, 3.63) is 61.6 Å². The summed E-state index contributed by atoms with van der Waals surface area (Å²) in [4.78, 5) is 26.0. The van der Waals surface area contributed by atoms with Gasteiger partial charge in [0, 0.05) is 55.8 Å². The molecule has 0 bridgehead atoms. The third-order valence-corrected chi connectivity index (χ3v) is 7.25. The van der Waals surface area contributed by atoms with Crippen molar-refractivity contribution in [1.29, 1.82) is 0 Å². The van der Waals surface area contributed by atoms with E-state index in [-0.39, 0.29) is 5.91 Å². The van der Waals surface area contributed by atoms with Gasteiger partial charge in [0.05, 0.1) is 41.6 Å². The molecule has 2 N–H and O–H groups in total. The van der Waals surface area contributed by atoms with Crippen LogP contribution in [0.15, 0.2) is 61.6 Å². The quantitative estimate of drug-likeness (QED) is 0.325. The Morgan fingerprint density at radius 1 is 1.18 bits per heavy atom. The van der Waals surface area contributed by atoms with E-state index in [1.54, 1.807) is 7.11 Å². The number of methoxy groups -OCH3 is 1. The number of benzene rings is 2. The van der Waals surface area contributed by atoms with E-state index in [1.807, 2.05) is 48.3 Å². The van der Waals surface area contributed by atoms with E-state index in [9.17, 15) is 4.79 Å². The molecule has 1 amide bonds. The van der Waals surface area contributed by atoms with Crippen LogP contribution in [-0.4, -0.2) is 69.9 Å². The summed E-state index contributed by atoms with van der Waals surface area (Å²) in [5.74, 6) is 0.966. The Morgan fingerprint density at radius 3 is 2.77 bits per heavy atom. The predicted octanol–water partition coefficient (Wildman–Crippen LogP) is 4.44. The number of hydrogen-bond acceptors (Lipinski definition) is 8. The lowest BCUT2D eigenvalue weighted by atomic mass is 10.1. The average Bonchev–Trinajstić information content (AvgIpc) is 3.33. The van der Waals surface area contributed by atoms with Crippen molar-refractivity contribution in [2.45, 2.75) is 19.9 Å². The van der Waals surface area contributed by atoms with E-state index < -0.39 is 0 Å². The van der Waals surface area contributed by atoms with Gasteiger partial charge in [0.25, 0.3) is 0 Å². The summed E-state index contributed by atoms with van der Waals surface area (Å²) in [7, 11) is 3.56. The molecule has 0 saturated carbocycles. The van der Waals surface area contributed by atoms with Crippen molar-refractivity contribution in [2.75, 3.05) is 48.8 Å². The van der Waals surface area contributed by atoms with Gasteiger partial charge in [0.15, 0.2) is 0 Å². The molecule has 0 aliphatic carbocycles. The molecule has 1 fully saturated rings. The van der Waals surface area contributed by atoms with Crippen LogP contribution in [0.25, 0.3) is 22.2 Å². The lowest BCUT2D eigenvalue weighted by molar-refractivity contribution is -0.111. The third-order valence-electron chi connectivity index (χ3n) is 7.25. The molecule has 39 heavy (non-hydrogen) atoms. The second-order valence-corrected chi connectivity index (χ2v) is 9.64. The van der Waals surface area contributed by atoms with Crippen LogP contribution in [0.3, 0.4) is 0 Å². The molecule has 5 rings (SSSR count). The van der Waals surface area contributed by atoms with Crippen molar-refractivity contribution in [2.24, 2.45) is 7.05 Å². The summed E-state index contributed by atoms with van der Waals surface area (Å²) in [6, 6.07) is 12.2. The maximum absolute atomic E-state index is 12.4. The zero-order valence-corrected chi connectivity index (χ0v) is 22.8. The van der Waals surface area contributed by atoms with Crippen molar-refractivity contribution in [3.8, 4) is 17.0 Å². The zero-order valence-electron chi connectivity index (χ0n) is 22.8. The largest absolute Gasteiger partial charge is 0.494 e. The first-order chi connectivity index (χ1) is 18.9. The van der Waals surface area contributed by atoms with Crippen molar-refractivity contribution >= 4 is 39.7 Å². The Hall–Kier alpha value is -4.44. The third kappa shape index (κ3) is 5.42. The number of nitrogens with one attached hydrogen (secondary N) is 2. The molecule has 202 valence electrons. The Bertz CT molecular complexity index is 1510. The predicted molar refractivity (Wildman–Crippen MR) is 156 cm³/mol. The van der Waals surface area contributed by atoms with E-state index in [1.165, 1.54) is 12.4 Å². The number of fused-ring (bicyclic) bond motifs is 1. The average molecular weight is 527 g/mol. The van der Waals surface area contributed by atoms with Gasteiger partial charge in [-0.05, 0) is 31.7 Å². The second-order valence-electron chi connectivity index (χ2n) is 9.64. The molecule has 3 heterocycles. The minimum absolute atomic E-state index is 0.275. The van der Waals surface area contributed by atoms with Crippen molar-refractivity contribution in [1.82, 2.24) is 24.6 Å². The molecule has 4 aromatic rings. The molecule has 0 spiro atoms. The summed E-state index contributed by atoms with van der Waals surface area (Å²) >= 11 is 0. The fraction of sp³-hybridized carbons (Fsp3) is 0.310. The number of aryl methyl sites for hydroxylation is 1. The molecule has 1 saturated heterocycles. The highest BCUT2D eigenvalue weighted by Crippen LogP contribution is 2.39.